The highest BCUT2D eigenvalue weighted by atomic mass is 19.1. The molecule has 1 fully saturated rings. The number of amides is 1. The summed E-state index contributed by atoms with van der Waals surface area (Å²) in [5, 5.41) is 3.04. The molecule has 3 nitrogen and oxygen atoms in total. The van der Waals surface area contributed by atoms with Crippen LogP contribution in [0.25, 0.3) is 11.1 Å². The average Bonchev–Trinajstić information content (AvgIpc) is 2.62. The van der Waals surface area contributed by atoms with Gasteiger partial charge in [0.05, 0.1) is 0 Å². The molecular formula is C22H27FN2O. The van der Waals surface area contributed by atoms with E-state index in [2.05, 4.69) is 24.1 Å². The minimum atomic E-state index is -0.259. The van der Waals surface area contributed by atoms with E-state index >= 15 is 0 Å². The van der Waals surface area contributed by atoms with E-state index in [0.29, 0.717) is 5.92 Å². The second-order valence-electron chi connectivity index (χ2n) is 7.55. The monoisotopic (exact) mass is 354 g/mol. The van der Waals surface area contributed by atoms with Gasteiger partial charge < -0.3 is 10.2 Å². The molecule has 0 aromatic heterocycles. The maximum atomic E-state index is 13.4. The number of halogens is 1. The van der Waals surface area contributed by atoms with Crippen molar-refractivity contribution in [3.8, 4) is 11.1 Å². The first kappa shape index (κ1) is 18.6. The summed E-state index contributed by atoms with van der Waals surface area (Å²) in [4.78, 5) is 15.1. The largest absolute Gasteiger partial charge is 0.326 e. The first-order valence-electron chi connectivity index (χ1n) is 9.40. The molecule has 0 unspecified atom stereocenters. The zero-order chi connectivity index (χ0) is 18.5. The summed E-state index contributed by atoms with van der Waals surface area (Å²) < 4.78 is 13.4. The summed E-state index contributed by atoms with van der Waals surface area (Å²) in [6, 6.07) is 14.1. The van der Waals surface area contributed by atoms with Crippen LogP contribution in [0.4, 0.5) is 10.1 Å². The van der Waals surface area contributed by atoms with Crippen LogP contribution in [0.3, 0.4) is 0 Å². The number of anilines is 1. The van der Waals surface area contributed by atoms with Crippen LogP contribution in [-0.4, -0.2) is 30.4 Å². The number of hydrogen-bond acceptors (Lipinski definition) is 2. The van der Waals surface area contributed by atoms with E-state index in [-0.39, 0.29) is 17.6 Å². The third-order valence-electron chi connectivity index (χ3n) is 4.87. The molecule has 2 aromatic rings. The molecule has 4 heteroatoms. The molecule has 1 saturated heterocycles. The van der Waals surface area contributed by atoms with Crippen molar-refractivity contribution in [3.05, 3.63) is 54.3 Å². The molecule has 3 rings (SSSR count). The molecule has 0 radical (unpaired) electrons. The number of hydrogen-bond donors (Lipinski definition) is 1. The van der Waals surface area contributed by atoms with Gasteiger partial charge in [0.25, 0.3) is 0 Å². The summed E-state index contributed by atoms with van der Waals surface area (Å²) in [5.41, 5.74) is 2.47. The zero-order valence-electron chi connectivity index (χ0n) is 15.5. The highest BCUT2D eigenvalue weighted by Gasteiger charge is 2.25. The highest BCUT2D eigenvalue weighted by Crippen LogP contribution is 2.25. The van der Waals surface area contributed by atoms with Crippen LogP contribution >= 0.6 is 0 Å². The van der Waals surface area contributed by atoms with Crippen molar-refractivity contribution < 1.29 is 9.18 Å². The topological polar surface area (TPSA) is 32.3 Å². The summed E-state index contributed by atoms with van der Waals surface area (Å²) >= 11 is 0. The van der Waals surface area contributed by atoms with Crippen LogP contribution in [0.15, 0.2) is 48.5 Å². The Bertz CT molecular complexity index is 751. The van der Waals surface area contributed by atoms with Crippen LogP contribution < -0.4 is 5.32 Å². The molecule has 1 aliphatic heterocycles. The molecule has 26 heavy (non-hydrogen) atoms. The van der Waals surface area contributed by atoms with Gasteiger partial charge in [-0.3, -0.25) is 4.79 Å². The van der Waals surface area contributed by atoms with Gasteiger partial charge in [-0.2, -0.15) is 0 Å². The molecule has 0 spiro atoms. The molecular weight excluding hydrogens is 327 g/mol. The average molecular weight is 354 g/mol. The summed E-state index contributed by atoms with van der Waals surface area (Å²) in [6.45, 7) is 7.53. The molecule has 2 aromatic carbocycles. The van der Waals surface area contributed by atoms with Gasteiger partial charge in [-0.25, -0.2) is 4.39 Å². The van der Waals surface area contributed by atoms with Crippen molar-refractivity contribution in [2.45, 2.75) is 26.7 Å². The molecule has 1 heterocycles. The molecule has 1 N–H and O–H groups in total. The summed E-state index contributed by atoms with van der Waals surface area (Å²) in [7, 11) is 0. The zero-order valence-corrected chi connectivity index (χ0v) is 15.5. The SMILES string of the molecule is CC(C)CN1CCC(C(=O)Nc2cccc(-c3cccc(F)c3)c2)CC1. The number of rotatable bonds is 5. The van der Waals surface area contributed by atoms with Crippen LogP contribution in [0.1, 0.15) is 26.7 Å². The van der Waals surface area contributed by atoms with E-state index in [1.165, 1.54) is 12.1 Å². The van der Waals surface area contributed by atoms with Gasteiger partial charge in [0.2, 0.25) is 5.91 Å². The molecule has 0 bridgehead atoms. The quantitative estimate of drug-likeness (QED) is 0.836. The highest BCUT2D eigenvalue weighted by molar-refractivity contribution is 5.93. The lowest BCUT2D eigenvalue weighted by Crippen LogP contribution is -2.39. The fraction of sp³-hybridized carbons (Fsp3) is 0.409. The maximum Gasteiger partial charge on any atom is 0.227 e. The van der Waals surface area contributed by atoms with E-state index in [1.54, 1.807) is 6.07 Å². The Balaban J connectivity index is 1.61. The maximum absolute atomic E-state index is 13.4. The number of carbonyl (C=O) groups is 1. The van der Waals surface area contributed by atoms with E-state index in [1.807, 2.05) is 30.3 Å². The first-order chi connectivity index (χ1) is 12.5. The Kier molecular flexibility index (Phi) is 6.04. The van der Waals surface area contributed by atoms with E-state index in [9.17, 15) is 9.18 Å². The van der Waals surface area contributed by atoms with E-state index in [4.69, 9.17) is 0 Å². The van der Waals surface area contributed by atoms with Crippen LogP contribution in [0.2, 0.25) is 0 Å². The first-order valence-corrected chi connectivity index (χ1v) is 9.40. The van der Waals surface area contributed by atoms with E-state index in [0.717, 1.165) is 49.3 Å². The van der Waals surface area contributed by atoms with Crippen molar-refractivity contribution in [3.63, 3.8) is 0 Å². The molecule has 0 aliphatic carbocycles. The number of benzene rings is 2. The van der Waals surface area contributed by atoms with Gasteiger partial charge >= 0.3 is 0 Å². The lowest BCUT2D eigenvalue weighted by atomic mass is 9.95. The predicted octanol–water partition coefficient (Wildman–Crippen LogP) is 4.80. The standard InChI is InChI=1S/C22H27FN2O/c1-16(2)15-25-11-9-17(10-12-25)22(26)24-21-8-4-6-19(14-21)18-5-3-7-20(23)13-18/h3-8,13-14,16-17H,9-12,15H2,1-2H3,(H,24,26). The van der Waals surface area contributed by atoms with Gasteiger partial charge in [-0.15, -0.1) is 0 Å². The number of piperidine rings is 1. The number of likely N-dealkylation sites (tertiary alicyclic amines) is 1. The van der Waals surface area contributed by atoms with E-state index < -0.39 is 0 Å². The van der Waals surface area contributed by atoms with Crippen LogP contribution in [0.5, 0.6) is 0 Å². The van der Waals surface area contributed by atoms with Crippen molar-refractivity contribution in [1.29, 1.82) is 0 Å². The van der Waals surface area contributed by atoms with Crippen molar-refractivity contribution in [2.24, 2.45) is 11.8 Å². The Morgan fingerprint density at radius 1 is 1.12 bits per heavy atom. The fourth-order valence-corrected chi connectivity index (χ4v) is 3.58. The molecule has 1 amide bonds. The third-order valence-corrected chi connectivity index (χ3v) is 4.87. The smallest absolute Gasteiger partial charge is 0.227 e. The fourth-order valence-electron chi connectivity index (χ4n) is 3.58. The lowest BCUT2D eigenvalue weighted by molar-refractivity contribution is -0.121. The van der Waals surface area contributed by atoms with Gasteiger partial charge in [-0.1, -0.05) is 38.1 Å². The number of nitrogens with zero attached hydrogens (tertiary/aromatic N) is 1. The minimum absolute atomic E-state index is 0.0660. The minimum Gasteiger partial charge on any atom is -0.326 e. The van der Waals surface area contributed by atoms with Crippen LogP contribution in [-0.2, 0) is 4.79 Å². The molecule has 138 valence electrons. The Morgan fingerprint density at radius 3 is 2.42 bits per heavy atom. The Labute approximate surface area is 155 Å². The molecule has 0 saturated carbocycles. The van der Waals surface area contributed by atoms with Crippen molar-refractivity contribution >= 4 is 11.6 Å². The third kappa shape index (κ3) is 4.92. The summed E-state index contributed by atoms with van der Waals surface area (Å²) in [6.07, 6.45) is 1.81. The predicted molar refractivity (Wildman–Crippen MR) is 104 cm³/mol. The van der Waals surface area contributed by atoms with Gasteiger partial charge in [-0.05, 0) is 67.2 Å². The second-order valence-corrected chi connectivity index (χ2v) is 7.55. The summed E-state index contributed by atoms with van der Waals surface area (Å²) in [5.74, 6) is 0.554. The Hall–Kier alpha value is -2.20. The normalized spacial score (nSPS) is 16.0. The number of carbonyl (C=O) groups excluding carboxylic acids is 1. The lowest BCUT2D eigenvalue weighted by Gasteiger charge is -2.32. The van der Waals surface area contributed by atoms with Gasteiger partial charge in [0, 0.05) is 18.2 Å². The molecule has 1 aliphatic rings. The second kappa shape index (κ2) is 8.45. The van der Waals surface area contributed by atoms with Crippen LogP contribution in [0, 0.1) is 17.7 Å². The van der Waals surface area contributed by atoms with Crippen molar-refractivity contribution in [1.82, 2.24) is 4.90 Å². The Morgan fingerprint density at radius 2 is 1.77 bits per heavy atom. The van der Waals surface area contributed by atoms with Crippen molar-refractivity contribution in [2.75, 3.05) is 25.0 Å². The van der Waals surface area contributed by atoms with Gasteiger partial charge in [0.1, 0.15) is 5.82 Å². The van der Waals surface area contributed by atoms with Gasteiger partial charge in [0.15, 0.2) is 0 Å². The molecule has 0 atom stereocenters. The number of nitrogens with one attached hydrogen (secondary N) is 1.